The summed E-state index contributed by atoms with van der Waals surface area (Å²) < 4.78 is 10.3. The Morgan fingerprint density at radius 2 is 2.05 bits per heavy atom. The Hall–Kier alpha value is -1.82. The fourth-order valence-corrected chi connectivity index (χ4v) is 2.04. The second-order valence-electron chi connectivity index (χ2n) is 4.71. The summed E-state index contributed by atoms with van der Waals surface area (Å²) in [6.45, 7) is 1.82. The van der Waals surface area contributed by atoms with E-state index in [9.17, 15) is 4.79 Å². The van der Waals surface area contributed by atoms with Crippen LogP contribution in [0.5, 0.6) is 0 Å². The molecule has 0 fully saturated rings. The van der Waals surface area contributed by atoms with Crippen molar-refractivity contribution in [2.24, 2.45) is 5.73 Å². The Morgan fingerprint density at radius 3 is 2.64 bits per heavy atom. The van der Waals surface area contributed by atoms with Gasteiger partial charge >= 0.3 is 0 Å². The van der Waals surface area contributed by atoms with Gasteiger partial charge in [-0.25, -0.2) is 0 Å². The highest BCUT2D eigenvalue weighted by molar-refractivity contribution is 5.94. The van der Waals surface area contributed by atoms with Crippen LogP contribution in [0.3, 0.4) is 0 Å². The van der Waals surface area contributed by atoms with Crippen molar-refractivity contribution in [3.63, 3.8) is 0 Å². The molecule has 0 radical (unpaired) electrons. The van der Waals surface area contributed by atoms with Gasteiger partial charge in [0.15, 0.2) is 0 Å². The van der Waals surface area contributed by atoms with Crippen LogP contribution < -0.4 is 5.73 Å². The van der Waals surface area contributed by atoms with Gasteiger partial charge in [-0.1, -0.05) is 30.3 Å². The molecule has 2 rings (SSSR count). The molecule has 5 nitrogen and oxygen atoms in total. The van der Waals surface area contributed by atoms with Crippen molar-refractivity contribution in [3.05, 3.63) is 59.5 Å². The van der Waals surface area contributed by atoms with E-state index in [-0.39, 0.29) is 24.9 Å². The second kappa shape index (κ2) is 9.25. The number of rotatable bonds is 7. The maximum Gasteiger partial charge on any atom is 0.257 e. The van der Waals surface area contributed by atoms with E-state index in [1.54, 1.807) is 18.1 Å². The molecule has 1 heterocycles. The zero-order valence-electron chi connectivity index (χ0n) is 12.5. The van der Waals surface area contributed by atoms with Crippen molar-refractivity contribution in [3.8, 4) is 0 Å². The number of furan rings is 1. The van der Waals surface area contributed by atoms with Crippen molar-refractivity contribution in [1.82, 2.24) is 4.90 Å². The third kappa shape index (κ3) is 4.87. The lowest BCUT2D eigenvalue weighted by Gasteiger charge is -2.21. The first-order valence-electron chi connectivity index (χ1n) is 6.84. The first-order valence-corrected chi connectivity index (χ1v) is 6.84. The van der Waals surface area contributed by atoms with Crippen LogP contribution in [-0.4, -0.2) is 31.1 Å². The summed E-state index contributed by atoms with van der Waals surface area (Å²) in [4.78, 5) is 14.3. The van der Waals surface area contributed by atoms with Crippen molar-refractivity contribution in [1.29, 1.82) is 0 Å². The molecule has 1 aromatic carbocycles. The van der Waals surface area contributed by atoms with E-state index in [4.69, 9.17) is 14.9 Å². The lowest BCUT2D eigenvalue weighted by molar-refractivity contribution is 0.0679. The third-order valence-electron chi connectivity index (χ3n) is 3.17. The van der Waals surface area contributed by atoms with Crippen LogP contribution >= 0.6 is 12.4 Å². The molecule has 6 heteroatoms. The lowest BCUT2D eigenvalue weighted by Crippen LogP contribution is -2.33. The molecule has 0 saturated heterocycles. The number of amides is 1. The summed E-state index contributed by atoms with van der Waals surface area (Å²) in [5, 5.41) is 0. The molecule has 0 aliphatic rings. The standard InChI is InChI=1S/C16H20N2O3.ClH/c1-20-8-7-18(11-13-5-3-2-4-6-13)16(19)14-9-15(10-17)21-12-14;/h2-6,9,12H,7-8,10-11,17H2,1H3;1H. The van der Waals surface area contributed by atoms with Gasteiger partial charge < -0.3 is 19.8 Å². The average molecular weight is 325 g/mol. The molecular formula is C16H21ClN2O3. The summed E-state index contributed by atoms with van der Waals surface area (Å²) in [5.41, 5.74) is 7.09. The molecule has 0 aliphatic heterocycles. The van der Waals surface area contributed by atoms with Crippen LogP contribution in [0.2, 0.25) is 0 Å². The minimum absolute atomic E-state index is 0. The van der Waals surface area contributed by atoms with E-state index in [0.717, 1.165) is 5.56 Å². The number of methoxy groups -OCH3 is 1. The molecule has 120 valence electrons. The van der Waals surface area contributed by atoms with E-state index in [2.05, 4.69) is 0 Å². The predicted molar refractivity (Wildman–Crippen MR) is 86.9 cm³/mol. The highest BCUT2D eigenvalue weighted by Crippen LogP contribution is 2.13. The zero-order valence-corrected chi connectivity index (χ0v) is 13.3. The van der Waals surface area contributed by atoms with Crippen LogP contribution in [0.15, 0.2) is 47.1 Å². The first kappa shape index (κ1) is 18.2. The number of hydrogen-bond donors (Lipinski definition) is 1. The SMILES string of the molecule is COCCN(Cc1ccccc1)C(=O)c1coc(CN)c1.Cl. The molecule has 2 N–H and O–H groups in total. The fraction of sp³-hybridized carbons (Fsp3) is 0.312. The van der Waals surface area contributed by atoms with Gasteiger partial charge in [0.05, 0.1) is 18.7 Å². The van der Waals surface area contributed by atoms with E-state index in [1.807, 2.05) is 30.3 Å². The van der Waals surface area contributed by atoms with Gasteiger partial charge in [-0.15, -0.1) is 12.4 Å². The van der Waals surface area contributed by atoms with Crippen LogP contribution in [0.25, 0.3) is 0 Å². The first-order chi connectivity index (χ1) is 10.2. The second-order valence-corrected chi connectivity index (χ2v) is 4.71. The predicted octanol–water partition coefficient (Wildman–Crippen LogP) is 2.45. The molecule has 0 spiro atoms. The molecule has 0 unspecified atom stereocenters. The highest BCUT2D eigenvalue weighted by atomic mass is 35.5. The minimum atomic E-state index is -0.0839. The van der Waals surface area contributed by atoms with Crippen molar-refractivity contribution in [2.45, 2.75) is 13.1 Å². The van der Waals surface area contributed by atoms with Gasteiger partial charge in [-0.3, -0.25) is 4.79 Å². The van der Waals surface area contributed by atoms with Crippen LogP contribution in [0.4, 0.5) is 0 Å². The van der Waals surface area contributed by atoms with Gasteiger partial charge in [0.1, 0.15) is 12.0 Å². The molecule has 0 bridgehead atoms. The number of nitrogens with zero attached hydrogens (tertiary/aromatic N) is 1. The zero-order chi connectivity index (χ0) is 15.1. The molecule has 1 amide bonds. The molecule has 1 aromatic heterocycles. The molecule has 22 heavy (non-hydrogen) atoms. The number of carbonyl (C=O) groups is 1. The summed E-state index contributed by atoms with van der Waals surface area (Å²) in [6.07, 6.45) is 1.45. The maximum atomic E-state index is 12.6. The molecule has 0 saturated carbocycles. The third-order valence-corrected chi connectivity index (χ3v) is 3.17. The van der Waals surface area contributed by atoms with Crippen LogP contribution in [0, 0.1) is 0 Å². The number of ether oxygens (including phenoxy) is 1. The Balaban J connectivity index is 0.00000242. The van der Waals surface area contributed by atoms with E-state index >= 15 is 0 Å². The Kier molecular flexibility index (Phi) is 7.66. The Labute approximate surface area is 136 Å². The number of benzene rings is 1. The number of nitrogens with two attached hydrogens (primary N) is 1. The molecular weight excluding hydrogens is 304 g/mol. The summed E-state index contributed by atoms with van der Waals surface area (Å²) in [6, 6.07) is 11.5. The van der Waals surface area contributed by atoms with Crippen molar-refractivity contribution >= 4 is 18.3 Å². The number of carbonyl (C=O) groups excluding carboxylic acids is 1. The highest BCUT2D eigenvalue weighted by Gasteiger charge is 2.18. The summed E-state index contributed by atoms with van der Waals surface area (Å²) in [7, 11) is 1.62. The number of hydrogen-bond acceptors (Lipinski definition) is 4. The number of halogens is 1. The molecule has 2 aromatic rings. The average Bonchev–Trinajstić information content (AvgIpc) is 3.00. The Bertz CT molecular complexity index is 572. The van der Waals surface area contributed by atoms with Gasteiger partial charge in [0.25, 0.3) is 5.91 Å². The van der Waals surface area contributed by atoms with Crippen LogP contribution in [-0.2, 0) is 17.8 Å². The molecule has 0 atom stereocenters. The van der Waals surface area contributed by atoms with Gasteiger partial charge in [0.2, 0.25) is 0 Å². The maximum absolute atomic E-state index is 12.6. The van der Waals surface area contributed by atoms with Crippen molar-refractivity contribution in [2.75, 3.05) is 20.3 Å². The molecule has 0 aliphatic carbocycles. The largest absolute Gasteiger partial charge is 0.467 e. The lowest BCUT2D eigenvalue weighted by atomic mass is 10.2. The van der Waals surface area contributed by atoms with Gasteiger partial charge in [-0.05, 0) is 11.6 Å². The topological polar surface area (TPSA) is 68.7 Å². The summed E-state index contributed by atoms with van der Waals surface area (Å²) in [5.74, 6) is 0.518. The normalized spacial score (nSPS) is 10.1. The van der Waals surface area contributed by atoms with E-state index < -0.39 is 0 Å². The van der Waals surface area contributed by atoms with Gasteiger partial charge in [-0.2, -0.15) is 0 Å². The quantitative estimate of drug-likeness (QED) is 0.849. The fourth-order valence-electron chi connectivity index (χ4n) is 2.04. The van der Waals surface area contributed by atoms with Crippen molar-refractivity contribution < 1.29 is 13.9 Å². The van der Waals surface area contributed by atoms with E-state index in [0.29, 0.717) is 31.0 Å². The monoisotopic (exact) mass is 324 g/mol. The van der Waals surface area contributed by atoms with Crippen LogP contribution in [0.1, 0.15) is 21.7 Å². The Morgan fingerprint density at radius 1 is 1.32 bits per heavy atom. The summed E-state index contributed by atoms with van der Waals surface area (Å²) >= 11 is 0. The van der Waals surface area contributed by atoms with E-state index in [1.165, 1.54) is 6.26 Å². The van der Waals surface area contributed by atoms with Gasteiger partial charge in [0, 0.05) is 20.2 Å². The minimum Gasteiger partial charge on any atom is -0.467 e. The smallest absolute Gasteiger partial charge is 0.257 e.